The largest absolute Gasteiger partial charge is 0.368 e. The number of benzene rings is 2. The van der Waals surface area contributed by atoms with E-state index in [1.54, 1.807) is 22.2 Å². The van der Waals surface area contributed by atoms with Crippen molar-refractivity contribution in [3.05, 3.63) is 65.5 Å². The smallest absolute Gasteiger partial charge is 0.219 e. The van der Waals surface area contributed by atoms with E-state index >= 15 is 0 Å². The minimum atomic E-state index is -3.06. The first-order chi connectivity index (χ1) is 14.9. The van der Waals surface area contributed by atoms with E-state index in [4.69, 9.17) is 0 Å². The predicted octanol–water partition coefficient (Wildman–Crippen LogP) is 4.50. The molecule has 2 N–H and O–H groups in total. The lowest BCUT2D eigenvalue weighted by Gasteiger charge is -2.51. The van der Waals surface area contributed by atoms with Crippen LogP contribution < -0.4 is 4.90 Å². The van der Waals surface area contributed by atoms with Crippen molar-refractivity contribution in [2.45, 2.75) is 31.6 Å². The standard InChI is InChI=1S/C23H30FN3O3S/c1-18(28)25-12-14-26(15-13-25)21-10-9-20(22(24)16-21)17-27-11-5-8-23(31(27,29)30)19-6-3-2-4-7-19/h2-4,6-7,9-10,16,23,29-30H,5,8,11-15,17H2,1H3. The van der Waals surface area contributed by atoms with Crippen molar-refractivity contribution in [3.8, 4) is 0 Å². The molecule has 0 saturated carbocycles. The van der Waals surface area contributed by atoms with Crippen LogP contribution in [0.25, 0.3) is 0 Å². The molecule has 8 heteroatoms. The van der Waals surface area contributed by atoms with Crippen molar-refractivity contribution in [2.75, 3.05) is 37.6 Å². The first-order valence-corrected chi connectivity index (χ1v) is 12.3. The molecule has 0 radical (unpaired) electrons. The number of hydrogen-bond donors (Lipinski definition) is 2. The molecule has 2 aliphatic rings. The highest BCUT2D eigenvalue weighted by atomic mass is 32.3. The summed E-state index contributed by atoms with van der Waals surface area (Å²) in [6, 6.07) is 14.7. The van der Waals surface area contributed by atoms with E-state index in [2.05, 4.69) is 4.90 Å². The molecule has 2 saturated heterocycles. The monoisotopic (exact) mass is 447 g/mol. The number of nitrogens with zero attached hydrogens (tertiary/aromatic N) is 3. The van der Waals surface area contributed by atoms with Crippen LogP contribution in [-0.4, -0.2) is 56.9 Å². The number of halogens is 1. The summed E-state index contributed by atoms with van der Waals surface area (Å²) in [6.45, 7) is 4.86. The Bertz CT molecular complexity index is 920. The van der Waals surface area contributed by atoms with Gasteiger partial charge >= 0.3 is 0 Å². The molecule has 0 aliphatic carbocycles. The topological polar surface area (TPSA) is 67.3 Å². The fraction of sp³-hybridized carbons (Fsp3) is 0.435. The van der Waals surface area contributed by atoms with E-state index in [0.29, 0.717) is 44.7 Å². The van der Waals surface area contributed by atoms with Crippen molar-refractivity contribution in [1.82, 2.24) is 9.21 Å². The van der Waals surface area contributed by atoms with Crippen molar-refractivity contribution in [2.24, 2.45) is 0 Å². The zero-order chi connectivity index (χ0) is 22.0. The summed E-state index contributed by atoms with van der Waals surface area (Å²) in [7, 11) is -3.06. The van der Waals surface area contributed by atoms with Crippen molar-refractivity contribution < 1.29 is 18.3 Å². The maximum Gasteiger partial charge on any atom is 0.219 e. The predicted molar refractivity (Wildman–Crippen MR) is 123 cm³/mol. The van der Waals surface area contributed by atoms with Crippen LogP contribution in [0.15, 0.2) is 48.5 Å². The minimum absolute atomic E-state index is 0.0653. The minimum Gasteiger partial charge on any atom is -0.368 e. The fourth-order valence-electron chi connectivity index (χ4n) is 4.45. The zero-order valence-electron chi connectivity index (χ0n) is 17.8. The summed E-state index contributed by atoms with van der Waals surface area (Å²) in [6.07, 6.45) is 1.53. The average molecular weight is 448 g/mol. The Kier molecular flexibility index (Phi) is 6.52. The quantitative estimate of drug-likeness (QED) is 0.723. The highest BCUT2D eigenvalue weighted by Crippen LogP contribution is 2.61. The van der Waals surface area contributed by atoms with Crippen LogP contribution in [0.2, 0.25) is 0 Å². The number of carbonyl (C=O) groups excluding carboxylic acids is 1. The number of carbonyl (C=O) groups is 1. The first kappa shape index (κ1) is 22.1. The number of piperazine rings is 1. The molecular weight excluding hydrogens is 417 g/mol. The molecule has 31 heavy (non-hydrogen) atoms. The van der Waals surface area contributed by atoms with E-state index in [1.165, 1.54) is 6.07 Å². The molecule has 1 unspecified atom stereocenters. The molecule has 2 heterocycles. The highest BCUT2D eigenvalue weighted by Gasteiger charge is 2.37. The second-order valence-corrected chi connectivity index (χ2v) is 10.4. The van der Waals surface area contributed by atoms with E-state index in [-0.39, 0.29) is 23.5 Å². The summed E-state index contributed by atoms with van der Waals surface area (Å²) in [5, 5.41) is -0.359. The highest BCUT2D eigenvalue weighted by molar-refractivity contribution is 8.22. The Morgan fingerprint density at radius 3 is 2.42 bits per heavy atom. The van der Waals surface area contributed by atoms with Gasteiger partial charge in [-0.05, 0) is 30.5 Å². The van der Waals surface area contributed by atoms with Crippen molar-refractivity contribution in [1.29, 1.82) is 0 Å². The molecule has 2 aliphatic heterocycles. The van der Waals surface area contributed by atoms with Gasteiger partial charge in [-0.1, -0.05) is 36.4 Å². The van der Waals surface area contributed by atoms with Gasteiger partial charge in [-0.25, -0.2) is 8.70 Å². The van der Waals surface area contributed by atoms with Crippen LogP contribution >= 0.6 is 10.8 Å². The molecule has 0 aromatic heterocycles. The van der Waals surface area contributed by atoms with Gasteiger partial charge in [-0.3, -0.25) is 13.9 Å². The summed E-state index contributed by atoms with van der Waals surface area (Å²) in [4.78, 5) is 15.4. The normalized spacial score (nSPS) is 22.9. The van der Waals surface area contributed by atoms with Crippen LogP contribution in [0.3, 0.4) is 0 Å². The van der Waals surface area contributed by atoms with Crippen molar-refractivity contribution >= 4 is 22.4 Å². The lowest BCUT2D eigenvalue weighted by atomic mass is 10.1. The van der Waals surface area contributed by atoms with Gasteiger partial charge in [0, 0.05) is 57.4 Å². The van der Waals surface area contributed by atoms with Gasteiger partial charge in [-0.2, -0.15) is 0 Å². The second kappa shape index (κ2) is 9.16. The molecule has 6 nitrogen and oxygen atoms in total. The lowest BCUT2D eigenvalue weighted by molar-refractivity contribution is -0.129. The Morgan fingerprint density at radius 1 is 1.06 bits per heavy atom. The number of anilines is 1. The first-order valence-electron chi connectivity index (χ1n) is 10.7. The zero-order valence-corrected chi connectivity index (χ0v) is 18.6. The van der Waals surface area contributed by atoms with Crippen LogP contribution in [-0.2, 0) is 11.3 Å². The van der Waals surface area contributed by atoms with E-state index in [9.17, 15) is 18.3 Å². The van der Waals surface area contributed by atoms with Gasteiger partial charge < -0.3 is 9.80 Å². The Balaban J connectivity index is 1.46. The van der Waals surface area contributed by atoms with Crippen LogP contribution in [0.4, 0.5) is 10.1 Å². The Labute approximate surface area is 184 Å². The number of rotatable bonds is 4. The summed E-state index contributed by atoms with van der Waals surface area (Å²) in [5.74, 6) is -0.279. The van der Waals surface area contributed by atoms with E-state index in [0.717, 1.165) is 17.7 Å². The van der Waals surface area contributed by atoms with Crippen molar-refractivity contribution in [3.63, 3.8) is 0 Å². The molecule has 2 aromatic carbocycles. The molecule has 0 bridgehead atoms. The fourth-order valence-corrected chi connectivity index (χ4v) is 6.54. The lowest BCUT2D eigenvalue weighted by Crippen LogP contribution is -2.48. The SMILES string of the molecule is CC(=O)N1CCN(c2ccc(CN3CCCC(c4ccccc4)S3(O)O)c(F)c2)CC1. The second-order valence-electron chi connectivity index (χ2n) is 8.24. The van der Waals surface area contributed by atoms with Gasteiger partial charge in [0.1, 0.15) is 5.82 Å². The molecule has 2 fully saturated rings. The van der Waals surface area contributed by atoms with E-state index in [1.807, 2.05) is 36.4 Å². The van der Waals surface area contributed by atoms with Gasteiger partial charge in [0.15, 0.2) is 0 Å². The number of amides is 1. The summed E-state index contributed by atoms with van der Waals surface area (Å²) < 4.78 is 38.7. The third kappa shape index (κ3) is 4.72. The molecule has 168 valence electrons. The van der Waals surface area contributed by atoms with Crippen LogP contribution in [0.5, 0.6) is 0 Å². The van der Waals surface area contributed by atoms with Gasteiger partial charge in [-0.15, -0.1) is 10.8 Å². The maximum absolute atomic E-state index is 15.0. The average Bonchev–Trinajstić information content (AvgIpc) is 2.77. The van der Waals surface area contributed by atoms with Crippen LogP contribution in [0.1, 0.15) is 36.1 Å². The molecule has 0 spiro atoms. The third-order valence-corrected chi connectivity index (χ3v) is 8.62. The summed E-state index contributed by atoms with van der Waals surface area (Å²) >= 11 is 0. The summed E-state index contributed by atoms with van der Waals surface area (Å²) in [5.41, 5.74) is 2.16. The third-order valence-electron chi connectivity index (χ3n) is 6.28. The van der Waals surface area contributed by atoms with Crippen LogP contribution in [0, 0.1) is 5.82 Å². The van der Waals surface area contributed by atoms with Gasteiger partial charge in [0.25, 0.3) is 0 Å². The Hall–Kier alpha value is -2.13. The molecule has 2 aromatic rings. The maximum atomic E-state index is 15.0. The molecular formula is C23H30FN3O3S. The molecule has 4 rings (SSSR count). The molecule has 1 atom stereocenters. The van der Waals surface area contributed by atoms with Gasteiger partial charge in [0.05, 0.1) is 5.25 Å². The Morgan fingerprint density at radius 2 is 1.77 bits per heavy atom. The van der Waals surface area contributed by atoms with E-state index < -0.39 is 10.8 Å². The van der Waals surface area contributed by atoms with Gasteiger partial charge in [0.2, 0.25) is 5.91 Å². The molecule has 1 amide bonds. The number of hydrogen-bond acceptors (Lipinski definition) is 5.